The molecule has 7 heteroatoms. The minimum atomic E-state index is -0.200. The Labute approximate surface area is 159 Å². The highest BCUT2D eigenvalue weighted by molar-refractivity contribution is 8.27. The SMILES string of the molecule is COc1ccccc1/C=C1/SC(=S)N(c2ccc(Cl)c(Cl)c2)C1=O. The second kappa shape index (κ2) is 7.15. The Kier molecular flexibility index (Phi) is 5.15. The molecule has 0 aliphatic carbocycles. The fraction of sp³-hybridized carbons (Fsp3) is 0.0588. The lowest BCUT2D eigenvalue weighted by Crippen LogP contribution is -2.27. The van der Waals surface area contributed by atoms with E-state index in [1.165, 1.54) is 16.7 Å². The zero-order valence-corrected chi connectivity index (χ0v) is 15.6. The molecular formula is C17H11Cl2NO2S2. The van der Waals surface area contributed by atoms with Gasteiger partial charge in [0.2, 0.25) is 0 Å². The molecule has 3 nitrogen and oxygen atoms in total. The van der Waals surface area contributed by atoms with Crippen LogP contribution in [0.25, 0.3) is 6.08 Å². The van der Waals surface area contributed by atoms with Gasteiger partial charge in [0, 0.05) is 5.56 Å². The summed E-state index contributed by atoms with van der Waals surface area (Å²) in [5.41, 5.74) is 1.41. The number of carbonyl (C=O) groups is 1. The van der Waals surface area contributed by atoms with Crippen LogP contribution >= 0.6 is 47.2 Å². The summed E-state index contributed by atoms with van der Waals surface area (Å²) < 4.78 is 5.76. The molecule has 0 saturated carbocycles. The molecule has 0 aromatic heterocycles. The van der Waals surface area contributed by atoms with Crippen molar-refractivity contribution in [3.63, 3.8) is 0 Å². The number of carbonyl (C=O) groups excluding carboxylic acids is 1. The van der Waals surface area contributed by atoms with Gasteiger partial charge in [-0.3, -0.25) is 9.69 Å². The molecule has 2 aromatic carbocycles. The largest absolute Gasteiger partial charge is 0.496 e. The number of benzene rings is 2. The van der Waals surface area contributed by atoms with Crippen molar-refractivity contribution in [1.29, 1.82) is 0 Å². The first-order valence-electron chi connectivity index (χ1n) is 6.87. The first-order chi connectivity index (χ1) is 11.5. The first kappa shape index (κ1) is 17.3. The monoisotopic (exact) mass is 395 g/mol. The Bertz CT molecular complexity index is 867. The van der Waals surface area contributed by atoms with Crippen LogP contribution in [-0.4, -0.2) is 17.3 Å². The summed E-state index contributed by atoms with van der Waals surface area (Å²) in [6.07, 6.45) is 1.77. The van der Waals surface area contributed by atoms with Crippen molar-refractivity contribution in [3.05, 3.63) is 63.0 Å². The summed E-state index contributed by atoms with van der Waals surface area (Å²) >= 11 is 18.6. The summed E-state index contributed by atoms with van der Waals surface area (Å²) in [5, 5.41) is 0.798. The number of thioether (sulfide) groups is 1. The minimum absolute atomic E-state index is 0.200. The molecule has 0 N–H and O–H groups in total. The number of hydrogen-bond donors (Lipinski definition) is 0. The van der Waals surface area contributed by atoms with Crippen molar-refractivity contribution in [1.82, 2.24) is 0 Å². The van der Waals surface area contributed by atoms with Gasteiger partial charge in [0.05, 0.1) is 27.7 Å². The Hall–Kier alpha value is -1.53. The Morgan fingerprint density at radius 1 is 1.17 bits per heavy atom. The van der Waals surface area contributed by atoms with Crippen LogP contribution in [0.2, 0.25) is 10.0 Å². The van der Waals surface area contributed by atoms with Crippen LogP contribution in [0.3, 0.4) is 0 Å². The lowest BCUT2D eigenvalue weighted by atomic mass is 10.2. The van der Waals surface area contributed by atoms with Gasteiger partial charge >= 0.3 is 0 Å². The zero-order valence-electron chi connectivity index (χ0n) is 12.5. The van der Waals surface area contributed by atoms with Crippen molar-refractivity contribution >= 4 is 69.2 Å². The van der Waals surface area contributed by atoms with Crippen LogP contribution in [0.1, 0.15) is 5.56 Å². The molecule has 0 bridgehead atoms. The molecule has 1 aliphatic heterocycles. The van der Waals surface area contributed by atoms with E-state index in [1.54, 1.807) is 31.4 Å². The number of amides is 1. The number of anilines is 1. The quantitative estimate of drug-likeness (QED) is 0.513. The molecule has 24 heavy (non-hydrogen) atoms. The number of rotatable bonds is 3. The van der Waals surface area contributed by atoms with Gasteiger partial charge in [-0.2, -0.15) is 0 Å². The molecule has 3 rings (SSSR count). The predicted octanol–water partition coefficient (Wildman–Crippen LogP) is 5.41. The van der Waals surface area contributed by atoms with E-state index in [4.69, 9.17) is 40.2 Å². The zero-order chi connectivity index (χ0) is 17.3. The van der Waals surface area contributed by atoms with Gasteiger partial charge in [0.15, 0.2) is 4.32 Å². The maximum absolute atomic E-state index is 12.7. The molecule has 1 heterocycles. The Morgan fingerprint density at radius 2 is 1.92 bits per heavy atom. The van der Waals surface area contributed by atoms with Gasteiger partial charge < -0.3 is 4.74 Å². The highest BCUT2D eigenvalue weighted by Crippen LogP contribution is 2.38. The lowest BCUT2D eigenvalue weighted by molar-refractivity contribution is -0.113. The van der Waals surface area contributed by atoms with Crippen molar-refractivity contribution in [2.75, 3.05) is 12.0 Å². The van der Waals surface area contributed by atoms with Gasteiger partial charge in [0.1, 0.15) is 5.75 Å². The summed E-state index contributed by atoms with van der Waals surface area (Å²) in [7, 11) is 1.59. The van der Waals surface area contributed by atoms with Gasteiger partial charge in [0.25, 0.3) is 5.91 Å². The third-order valence-corrected chi connectivity index (χ3v) is 5.42. The van der Waals surface area contributed by atoms with E-state index in [1.807, 2.05) is 24.3 Å². The molecule has 0 radical (unpaired) electrons. The second-order valence-electron chi connectivity index (χ2n) is 4.86. The topological polar surface area (TPSA) is 29.5 Å². The minimum Gasteiger partial charge on any atom is -0.496 e. The molecule has 1 aliphatic rings. The lowest BCUT2D eigenvalue weighted by Gasteiger charge is -2.15. The van der Waals surface area contributed by atoms with E-state index >= 15 is 0 Å². The van der Waals surface area contributed by atoms with Crippen molar-refractivity contribution in [2.45, 2.75) is 0 Å². The Balaban J connectivity index is 1.97. The van der Waals surface area contributed by atoms with Crippen LogP contribution < -0.4 is 9.64 Å². The number of methoxy groups -OCH3 is 1. The summed E-state index contributed by atoms with van der Waals surface area (Å²) in [5.74, 6) is 0.492. The van der Waals surface area contributed by atoms with E-state index in [0.717, 1.165) is 5.56 Å². The highest BCUT2D eigenvalue weighted by Gasteiger charge is 2.33. The average molecular weight is 396 g/mol. The third-order valence-electron chi connectivity index (χ3n) is 3.38. The summed E-state index contributed by atoms with van der Waals surface area (Å²) in [4.78, 5) is 14.7. The molecule has 0 atom stereocenters. The average Bonchev–Trinajstić information content (AvgIpc) is 2.85. The number of ether oxygens (including phenoxy) is 1. The molecule has 1 saturated heterocycles. The van der Waals surface area contributed by atoms with Crippen LogP contribution in [0.15, 0.2) is 47.4 Å². The summed E-state index contributed by atoms with van der Waals surface area (Å²) in [6.45, 7) is 0. The van der Waals surface area contributed by atoms with Crippen LogP contribution in [0, 0.1) is 0 Å². The smallest absolute Gasteiger partial charge is 0.270 e. The van der Waals surface area contributed by atoms with Crippen LogP contribution in [0.4, 0.5) is 5.69 Å². The van der Waals surface area contributed by atoms with Crippen LogP contribution in [0.5, 0.6) is 5.75 Å². The molecular weight excluding hydrogens is 385 g/mol. The normalized spacial score (nSPS) is 16.1. The van der Waals surface area contributed by atoms with Crippen molar-refractivity contribution < 1.29 is 9.53 Å². The van der Waals surface area contributed by atoms with E-state index in [0.29, 0.717) is 30.7 Å². The standard InChI is InChI=1S/C17H11Cl2NO2S2/c1-22-14-5-3-2-4-10(14)8-15-16(21)20(17(23)24-15)11-6-7-12(18)13(19)9-11/h2-9H,1H3/b15-8+. The predicted molar refractivity (Wildman–Crippen MR) is 105 cm³/mol. The summed E-state index contributed by atoms with van der Waals surface area (Å²) in [6, 6.07) is 12.5. The number of hydrogen-bond acceptors (Lipinski definition) is 4. The van der Waals surface area contributed by atoms with Crippen LogP contribution in [-0.2, 0) is 4.79 Å². The molecule has 0 unspecified atom stereocenters. The molecule has 1 amide bonds. The first-order valence-corrected chi connectivity index (χ1v) is 8.85. The maximum Gasteiger partial charge on any atom is 0.270 e. The number of para-hydroxylation sites is 1. The fourth-order valence-electron chi connectivity index (χ4n) is 2.24. The van der Waals surface area contributed by atoms with E-state index in [2.05, 4.69) is 0 Å². The highest BCUT2D eigenvalue weighted by atomic mass is 35.5. The van der Waals surface area contributed by atoms with E-state index < -0.39 is 0 Å². The Morgan fingerprint density at radius 3 is 2.62 bits per heavy atom. The van der Waals surface area contributed by atoms with Crippen molar-refractivity contribution in [3.8, 4) is 5.75 Å². The molecule has 1 fully saturated rings. The van der Waals surface area contributed by atoms with Crippen molar-refractivity contribution in [2.24, 2.45) is 0 Å². The maximum atomic E-state index is 12.7. The van der Waals surface area contributed by atoms with E-state index in [9.17, 15) is 4.79 Å². The fourth-order valence-corrected chi connectivity index (χ4v) is 3.82. The van der Waals surface area contributed by atoms with E-state index in [-0.39, 0.29) is 5.91 Å². The number of halogens is 2. The number of nitrogens with zero attached hydrogens (tertiary/aromatic N) is 1. The van der Waals surface area contributed by atoms with Gasteiger partial charge in [-0.05, 0) is 30.3 Å². The van der Waals surface area contributed by atoms with Gasteiger partial charge in [-0.25, -0.2) is 0 Å². The molecule has 2 aromatic rings. The third kappa shape index (κ3) is 3.30. The molecule has 122 valence electrons. The number of thiocarbonyl (C=S) groups is 1. The second-order valence-corrected chi connectivity index (χ2v) is 7.35. The van der Waals surface area contributed by atoms with Gasteiger partial charge in [-0.15, -0.1) is 0 Å². The van der Waals surface area contributed by atoms with Gasteiger partial charge in [-0.1, -0.05) is 65.4 Å². The molecule has 0 spiro atoms.